The molecule has 158 valence electrons. The number of carbonyl (C=O) groups is 3. The molecule has 0 bridgehead atoms. The molecule has 0 amide bonds. The van der Waals surface area contributed by atoms with Crippen LogP contribution >= 0.6 is 0 Å². The molecule has 0 spiro atoms. The lowest BCUT2D eigenvalue weighted by molar-refractivity contribution is -0.119. The molecule has 8 nitrogen and oxygen atoms in total. The molecule has 1 aliphatic rings. The number of unbranched alkanes of at least 4 members (excludes halogenated alkanes) is 1. The maximum absolute atomic E-state index is 12.3. The molecule has 0 radical (unpaired) electrons. The van der Waals surface area contributed by atoms with Crippen LogP contribution in [0.15, 0.2) is 18.2 Å². The number of benzene rings is 1. The Balaban J connectivity index is 1.94. The van der Waals surface area contributed by atoms with Gasteiger partial charge in [0, 0.05) is 18.7 Å². The van der Waals surface area contributed by atoms with Crippen molar-refractivity contribution in [3.05, 3.63) is 29.3 Å². The summed E-state index contributed by atoms with van der Waals surface area (Å²) < 4.78 is 20.0. The Bertz CT molecular complexity index is 720. The number of hydrogen-bond acceptors (Lipinski definition) is 8. The lowest BCUT2D eigenvalue weighted by Gasteiger charge is -2.28. The minimum Gasteiger partial charge on any atom is -0.535 e. The largest absolute Gasteiger partial charge is 0.535 e. The van der Waals surface area contributed by atoms with E-state index in [9.17, 15) is 19.4 Å². The van der Waals surface area contributed by atoms with Crippen molar-refractivity contribution in [3.63, 3.8) is 0 Å². The van der Waals surface area contributed by atoms with Gasteiger partial charge in [-0.05, 0) is 30.9 Å². The summed E-state index contributed by atoms with van der Waals surface area (Å²) in [5, 5.41) is 10.3. The highest BCUT2D eigenvalue weighted by atomic mass is 16.8. The van der Waals surface area contributed by atoms with Crippen molar-refractivity contribution >= 4 is 25.0 Å². The molecule has 1 aliphatic heterocycles. The summed E-state index contributed by atoms with van der Waals surface area (Å²) in [7, 11) is -1.19. The number of rotatable bonds is 10. The minimum absolute atomic E-state index is 0.0714. The van der Waals surface area contributed by atoms with Crippen molar-refractivity contribution in [2.45, 2.75) is 58.2 Å². The average molecular weight is 406 g/mol. The van der Waals surface area contributed by atoms with E-state index in [1.165, 1.54) is 6.07 Å². The fourth-order valence-corrected chi connectivity index (χ4v) is 3.04. The van der Waals surface area contributed by atoms with Crippen molar-refractivity contribution in [2.24, 2.45) is 0 Å². The van der Waals surface area contributed by atoms with Crippen LogP contribution in [0.25, 0.3) is 0 Å². The summed E-state index contributed by atoms with van der Waals surface area (Å²) in [6, 6.07) is 4.94. The maximum Gasteiger partial charge on any atom is 0.526 e. The Hall–Kier alpha value is -2.55. The summed E-state index contributed by atoms with van der Waals surface area (Å²) in [6.45, 7) is 3.53. The van der Waals surface area contributed by atoms with Gasteiger partial charge in [0.15, 0.2) is 0 Å². The first kappa shape index (κ1) is 22.7. The molecule has 29 heavy (non-hydrogen) atoms. The second-order valence-corrected chi connectivity index (χ2v) is 6.91. The Morgan fingerprint density at radius 2 is 1.97 bits per heavy atom. The van der Waals surface area contributed by atoms with E-state index in [1.54, 1.807) is 12.1 Å². The molecule has 2 rings (SSSR count). The smallest absolute Gasteiger partial charge is 0.526 e. The van der Waals surface area contributed by atoms with Crippen molar-refractivity contribution < 1.29 is 38.3 Å². The van der Waals surface area contributed by atoms with Crippen molar-refractivity contribution in [2.75, 3.05) is 13.4 Å². The van der Waals surface area contributed by atoms with Crippen LogP contribution in [0.4, 0.5) is 4.79 Å². The van der Waals surface area contributed by atoms with Gasteiger partial charge in [-0.25, -0.2) is 9.59 Å². The van der Waals surface area contributed by atoms with Gasteiger partial charge in [0.2, 0.25) is 6.79 Å². The molecule has 0 saturated carbocycles. The van der Waals surface area contributed by atoms with E-state index in [4.69, 9.17) is 18.9 Å². The molecule has 1 aromatic carbocycles. The molecular weight excluding hydrogens is 379 g/mol. The van der Waals surface area contributed by atoms with Crippen molar-refractivity contribution in [3.8, 4) is 5.75 Å². The molecule has 1 aromatic rings. The molecule has 0 unspecified atom stereocenters. The molecule has 1 heterocycles. The Labute approximate surface area is 170 Å². The second-order valence-electron chi connectivity index (χ2n) is 6.91. The van der Waals surface area contributed by atoms with Gasteiger partial charge in [-0.1, -0.05) is 32.4 Å². The Morgan fingerprint density at radius 3 is 2.69 bits per heavy atom. The van der Waals surface area contributed by atoms with Crippen LogP contribution in [0, 0.1) is 0 Å². The predicted octanol–water partition coefficient (Wildman–Crippen LogP) is 3.30. The topological polar surface area (TPSA) is 108 Å². The van der Waals surface area contributed by atoms with Crippen LogP contribution in [-0.4, -0.2) is 43.5 Å². The number of esters is 1. The van der Waals surface area contributed by atoms with Crippen molar-refractivity contribution in [1.82, 2.24) is 0 Å². The third-order valence-corrected chi connectivity index (χ3v) is 4.54. The first-order valence-corrected chi connectivity index (χ1v) is 9.91. The zero-order chi connectivity index (χ0) is 21.2. The van der Waals surface area contributed by atoms with Gasteiger partial charge in [0.1, 0.15) is 17.1 Å². The van der Waals surface area contributed by atoms with E-state index < -0.39 is 26.0 Å². The molecule has 0 fully saturated rings. The van der Waals surface area contributed by atoms with Crippen LogP contribution in [-0.2, 0) is 25.4 Å². The zero-order valence-corrected chi connectivity index (χ0v) is 16.8. The zero-order valence-electron chi connectivity index (χ0n) is 16.8. The van der Waals surface area contributed by atoms with Crippen LogP contribution < -0.4 is 4.65 Å². The first-order chi connectivity index (χ1) is 14.0. The van der Waals surface area contributed by atoms with E-state index in [-0.39, 0.29) is 35.9 Å². The van der Waals surface area contributed by atoms with E-state index in [0.29, 0.717) is 18.4 Å². The summed E-state index contributed by atoms with van der Waals surface area (Å²) >= 11 is 0. The number of ether oxygens (including phenoxy) is 3. The third kappa shape index (κ3) is 6.78. The number of fused-ring (bicyclic) bond motifs is 1. The van der Waals surface area contributed by atoms with Crippen LogP contribution in [0.1, 0.15) is 61.9 Å². The average Bonchev–Trinajstić information content (AvgIpc) is 2.68. The lowest BCUT2D eigenvalue weighted by Crippen LogP contribution is -2.36. The number of Topliss-reactive ketones (excluding diaryl/α,β-unsaturated/α-hetero) is 1. The fourth-order valence-electron chi connectivity index (χ4n) is 3.04. The van der Waals surface area contributed by atoms with Gasteiger partial charge < -0.3 is 23.9 Å². The van der Waals surface area contributed by atoms with E-state index in [0.717, 1.165) is 19.3 Å². The van der Waals surface area contributed by atoms with E-state index >= 15 is 0 Å². The Kier molecular flexibility index (Phi) is 8.98. The highest BCUT2D eigenvalue weighted by Gasteiger charge is 2.37. The third-order valence-electron chi connectivity index (χ3n) is 4.54. The molecule has 1 atom stereocenters. The first-order valence-electron chi connectivity index (χ1n) is 9.91. The predicted molar refractivity (Wildman–Crippen MR) is 105 cm³/mol. The quantitative estimate of drug-likeness (QED) is 0.273. The van der Waals surface area contributed by atoms with Crippen LogP contribution in [0.2, 0.25) is 5.82 Å². The number of hydrogen-bond donors (Lipinski definition) is 1. The molecular formula is C20H27BO8. The van der Waals surface area contributed by atoms with Gasteiger partial charge in [-0.3, -0.25) is 4.79 Å². The molecule has 0 aromatic heterocycles. The van der Waals surface area contributed by atoms with Crippen molar-refractivity contribution in [1.29, 1.82) is 0 Å². The fraction of sp³-hybridized carbons (Fsp3) is 0.550. The SMILES string of the molecule is CCCCOC(=O)OCOC(=O)c1cccc2c1OB(O)[C@@H](CC(=O)CCC)C2. The molecule has 1 N–H and O–H groups in total. The van der Waals surface area contributed by atoms with Gasteiger partial charge in [-0.15, -0.1) is 0 Å². The standard InChI is InChI=1S/C20H27BO8/c1-3-5-10-26-20(24)28-13-27-19(23)17-9-6-8-14-11-15(12-16(22)7-4-2)21(25)29-18(14)17/h6,8-9,15,25H,3-5,7,10-13H2,1-2H3/t15-/m1/s1. The number of para-hydroxylation sites is 1. The Morgan fingerprint density at radius 1 is 1.17 bits per heavy atom. The van der Waals surface area contributed by atoms with Gasteiger partial charge in [-0.2, -0.15) is 0 Å². The van der Waals surface area contributed by atoms with Crippen LogP contribution in [0.3, 0.4) is 0 Å². The monoisotopic (exact) mass is 406 g/mol. The second kappa shape index (κ2) is 11.5. The number of ketones is 1. The summed E-state index contributed by atoms with van der Waals surface area (Å²) in [6.07, 6.45) is 2.53. The number of carbonyl (C=O) groups excluding carboxylic acids is 3. The minimum atomic E-state index is -1.19. The normalized spacial score (nSPS) is 15.1. The van der Waals surface area contributed by atoms with Gasteiger partial charge in [0.25, 0.3) is 0 Å². The molecule has 0 aliphatic carbocycles. The summed E-state index contributed by atoms with van der Waals surface area (Å²) in [5.74, 6) is -0.832. The van der Waals surface area contributed by atoms with Crippen LogP contribution in [0.5, 0.6) is 5.75 Å². The highest BCUT2D eigenvalue weighted by molar-refractivity contribution is 6.47. The summed E-state index contributed by atoms with van der Waals surface area (Å²) in [5.41, 5.74) is 0.821. The van der Waals surface area contributed by atoms with E-state index in [2.05, 4.69) is 0 Å². The summed E-state index contributed by atoms with van der Waals surface area (Å²) in [4.78, 5) is 35.6. The molecule has 0 saturated heterocycles. The molecule has 9 heteroatoms. The maximum atomic E-state index is 12.3. The highest BCUT2D eigenvalue weighted by Crippen LogP contribution is 2.36. The van der Waals surface area contributed by atoms with Gasteiger partial charge >= 0.3 is 19.2 Å². The van der Waals surface area contributed by atoms with E-state index in [1.807, 2.05) is 13.8 Å². The van der Waals surface area contributed by atoms with Gasteiger partial charge in [0.05, 0.1) is 6.61 Å². The lowest BCUT2D eigenvalue weighted by atomic mass is 9.64.